The molecule has 0 radical (unpaired) electrons. The summed E-state index contributed by atoms with van der Waals surface area (Å²) < 4.78 is 6.85. The van der Waals surface area contributed by atoms with Crippen LogP contribution in [-0.4, -0.2) is 25.0 Å². The van der Waals surface area contributed by atoms with Gasteiger partial charge in [0.25, 0.3) is 5.91 Å². The molecule has 0 aliphatic rings. The van der Waals surface area contributed by atoms with E-state index in [9.17, 15) is 9.59 Å². The third-order valence-electron chi connectivity index (χ3n) is 3.95. The highest BCUT2D eigenvalue weighted by Gasteiger charge is 2.17. The van der Waals surface area contributed by atoms with E-state index in [0.29, 0.717) is 12.1 Å². The highest BCUT2D eigenvalue weighted by molar-refractivity contribution is 9.10. The quantitative estimate of drug-likeness (QED) is 0.750. The molecular weight excluding hydrogens is 396 g/mol. The van der Waals surface area contributed by atoms with Gasteiger partial charge in [-0.3, -0.25) is 9.59 Å². The summed E-state index contributed by atoms with van der Waals surface area (Å²) in [5.41, 5.74) is 3.48. The molecular formula is C20H23BrN2O3. The minimum absolute atomic E-state index is 0.0518. The van der Waals surface area contributed by atoms with Gasteiger partial charge in [-0.05, 0) is 61.7 Å². The molecule has 1 unspecified atom stereocenters. The predicted octanol–water partition coefficient (Wildman–Crippen LogP) is 3.76. The number of carbonyl (C=O) groups is 2. The van der Waals surface area contributed by atoms with Crippen LogP contribution in [0.25, 0.3) is 0 Å². The summed E-state index contributed by atoms with van der Waals surface area (Å²) in [6.45, 7) is 5.61. The summed E-state index contributed by atoms with van der Waals surface area (Å²) in [5, 5.41) is 5.42. The zero-order valence-electron chi connectivity index (χ0n) is 15.4. The zero-order valence-corrected chi connectivity index (χ0v) is 16.9. The molecule has 2 amide bonds. The van der Waals surface area contributed by atoms with Crippen LogP contribution in [0.5, 0.6) is 5.75 Å². The van der Waals surface area contributed by atoms with Crippen molar-refractivity contribution in [3.8, 4) is 5.75 Å². The second-order valence-electron chi connectivity index (χ2n) is 6.16. The first-order valence-corrected chi connectivity index (χ1v) is 9.13. The van der Waals surface area contributed by atoms with E-state index in [1.54, 1.807) is 26.1 Å². The number of benzene rings is 2. The van der Waals surface area contributed by atoms with Crippen molar-refractivity contribution >= 4 is 33.4 Å². The zero-order chi connectivity index (χ0) is 19.3. The minimum Gasteiger partial charge on any atom is -0.480 e. The Labute approximate surface area is 162 Å². The molecule has 0 aliphatic heterocycles. The van der Waals surface area contributed by atoms with Crippen LogP contribution in [0.15, 0.2) is 40.9 Å². The van der Waals surface area contributed by atoms with Gasteiger partial charge in [0.05, 0.1) is 6.42 Å². The number of aryl methyl sites for hydroxylation is 2. The monoisotopic (exact) mass is 418 g/mol. The van der Waals surface area contributed by atoms with Gasteiger partial charge in [-0.15, -0.1) is 0 Å². The number of rotatable bonds is 6. The lowest BCUT2D eigenvalue weighted by atomic mass is 10.1. The molecule has 2 rings (SSSR count). The van der Waals surface area contributed by atoms with Crippen molar-refractivity contribution in [2.75, 3.05) is 12.4 Å². The Morgan fingerprint density at radius 1 is 1.12 bits per heavy atom. The lowest BCUT2D eigenvalue weighted by molar-refractivity contribution is -0.122. The van der Waals surface area contributed by atoms with Crippen LogP contribution in [0.3, 0.4) is 0 Å². The summed E-state index contributed by atoms with van der Waals surface area (Å²) in [5.74, 6) is 0.437. The van der Waals surface area contributed by atoms with Crippen molar-refractivity contribution < 1.29 is 14.3 Å². The van der Waals surface area contributed by atoms with Crippen molar-refractivity contribution in [3.05, 3.63) is 57.6 Å². The van der Waals surface area contributed by atoms with Crippen molar-refractivity contribution in [2.24, 2.45) is 0 Å². The molecule has 5 nitrogen and oxygen atoms in total. The molecule has 2 N–H and O–H groups in total. The molecule has 0 aliphatic carbocycles. The Hall–Kier alpha value is -2.34. The lowest BCUT2D eigenvalue weighted by Gasteiger charge is -2.18. The van der Waals surface area contributed by atoms with Crippen molar-refractivity contribution in [2.45, 2.75) is 33.3 Å². The van der Waals surface area contributed by atoms with E-state index in [0.717, 1.165) is 26.9 Å². The molecule has 0 saturated heterocycles. The smallest absolute Gasteiger partial charge is 0.265 e. The number of hydrogen-bond donors (Lipinski definition) is 2. The normalized spacial score (nSPS) is 11.6. The van der Waals surface area contributed by atoms with Crippen LogP contribution in [-0.2, 0) is 16.0 Å². The van der Waals surface area contributed by atoms with Crippen molar-refractivity contribution in [1.82, 2.24) is 5.32 Å². The second kappa shape index (κ2) is 8.85. The van der Waals surface area contributed by atoms with E-state index in [2.05, 4.69) is 26.6 Å². The number of hydrogen-bond acceptors (Lipinski definition) is 3. The van der Waals surface area contributed by atoms with Crippen LogP contribution in [0.2, 0.25) is 0 Å². The number of ether oxygens (including phenoxy) is 1. The number of anilines is 1. The van der Waals surface area contributed by atoms with Crippen LogP contribution in [0.1, 0.15) is 23.6 Å². The second-order valence-corrected chi connectivity index (χ2v) is 7.08. The molecule has 2 aromatic rings. The SMILES string of the molecule is CNC(=O)Cc1ccc(NC(=O)C(C)Oc2c(C)cc(Br)cc2C)cc1. The highest BCUT2D eigenvalue weighted by Crippen LogP contribution is 2.28. The van der Waals surface area contributed by atoms with Gasteiger partial charge in [-0.2, -0.15) is 0 Å². The van der Waals surface area contributed by atoms with Crippen molar-refractivity contribution in [3.63, 3.8) is 0 Å². The van der Waals surface area contributed by atoms with Crippen LogP contribution < -0.4 is 15.4 Å². The maximum Gasteiger partial charge on any atom is 0.265 e. The molecule has 0 bridgehead atoms. The first kappa shape index (κ1) is 20.0. The van der Waals surface area contributed by atoms with Crippen molar-refractivity contribution in [1.29, 1.82) is 0 Å². The predicted molar refractivity (Wildman–Crippen MR) is 107 cm³/mol. The van der Waals surface area contributed by atoms with Crippen LogP contribution in [0.4, 0.5) is 5.69 Å². The van der Waals surface area contributed by atoms with Crippen LogP contribution in [0, 0.1) is 13.8 Å². The van der Waals surface area contributed by atoms with Gasteiger partial charge in [-0.1, -0.05) is 28.1 Å². The largest absolute Gasteiger partial charge is 0.480 e. The van der Waals surface area contributed by atoms with E-state index >= 15 is 0 Å². The van der Waals surface area contributed by atoms with Gasteiger partial charge in [0.1, 0.15) is 5.75 Å². The lowest BCUT2D eigenvalue weighted by Crippen LogP contribution is -2.30. The third kappa shape index (κ3) is 5.33. The molecule has 0 heterocycles. The van der Waals surface area contributed by atoms with Gasteiger partial charge in [0.2, 0.25) is 5.91 Å². The Balaban J connectivity index is 2.00. The Morgan fingerprint density at radius 2 is 1.69 bits per heavy atom. The van der Waals surface area contributed by atoms with Gasteiger partial charge >= 0.3 is 0 Å². The molecule has 2 aromatic carbocycles. The summed E-state index contributed by atoms with van der Waals surface area (Å²) in [6, 6.07) is 11.1. The molecule has 0 aromatic heterocycles. The molecule has 1 atom stereocenters. The first-order chi connectivity index (χ1) is 12.3. The summed E-state index contributed by atoms with van der Waals surface area (Å²) in [4.78, 5) is 23.8. The minimum atomic E-state index is -0.640. The summed E-state index contributed by atoms with van der Waals surface area (Å²) >= 11 is 3.45. The Morgan fingerprint density at radius 3 is 2.23 bits per heavy atom. The van der Waals surface area contributed by atoms with E-state index in [1.807, 2.05) is 38.1 Å². The molecule has 6 heteroatoms. The molecule has 138 valence electrons. The van der Waals surface area contributed by atoms with Gasteiger partial charge in [-0.25, -0.2) is 0 Å². The number of carbonyl (C=O) groups excluding carboxylic acids is 2. The first-order valence-electron chi connectivity index (χ1n) is 8.34. The fourth-order valence-electron chi connectivity index (χ4n) is 2.54. The van der Waals surface area contributed by atoms with Gasteiger partial charge in [0.15, 0.2) is 6.10 Å². The topological polar surface area (TPSA) is 67.4 Å². The average Bonchev–Trinajstić information content (AvgIpc) is 2.59. The van der Waals surface area contributed by atoms with E-state index in [-0.39, 0.29) is 11.8 Å². The van der Waals surface area contributed by atoms with E-state index in [1.165, 1.54) is 0 Å². The van der Waals surface area contributed by atoms with E-state index in [4.69, 9.17) is 4.74 Å². The Bertz CT molecular complexity index is 780. The maximum absolute atomic E-state index is 12.4. The fraction of sp³-hybridized carbons (Fsp3) is 0.300. The van der Waals surface area contributed by atoms with Crippen LogP contribution >= 0.6 is 15.9 Å². The third-order valence-corrected chi connectivity index (χ3v) is 4.41. The number of likely N-dealkylation sites (N-methyl/N-ethyl adjacent to an activating group) is 1. The fourth-order valence-corrected chi connectivity index (χ4v) is 3.22. The van der Waals surface area contributed by atoms with Gasteiger partial charge < -0.3 is 15.4 Å². The number of amides is 2. The summed E-state index contributed by atoms with van der Waals surface area (Å²) in [6.07, 6.45) is -0.328. The summed E-state index contributed by atoms with van der Waals surface area (Å²) in [7, 11) is 1.60. The molecule has 0 saturated carbocycles. The highest BCUT2D eigenvalue weighted by atomic mass is 79.9. The maximum atomic E-state index is 12.4. The average molecular weight is 419 g/mol. The Kier molecular flexibility index (Phi) is 6.80. The standard InChI is InChI=1S/C20H23BrN2O3/c1-12-9-16(21)10-13(2)19(12)26-14(3)20(25)23-17-7-5-15(6-8-17)11-18(24)22-4/h5-10,14H,11H2,1-4H3,(H,22,24)(H,23,25). The van der Waals surface area contributed by atoms with E-state index < -0.39 is 6.10 Å². The number of halogens is 1. The number of nitrogens with one attached hydrogen (secondary N) is 2. The molecule has 0 spiro atoms. The van der Waals surface area contributed by atoms with Gasteiger partial charge in [0, 0.05) is 17.2 Å². The molecule has 0 fully saturated rings. The molecule has 26 heavy (non-hydrogen) atoms.